The molecule has 1 aliphatic heterocycles. The predicted octanol–water partition coefficient (Wildman–Crippen LogP) is 2.51. The molecule has 158 valence electrons. The van der Waals surface area contributed by atoms with Crippen molar-refractivity contribution in [3.05, 3.63) is 29.8 Å². The highest BCUT2D eigenvalue weighted by Crippen LogP contribution is 2.25. The Balaban J connectivity index is 1.97. The molecule has 0 aromatic heterocycles. The number of esters is 1. The summed E-state index contributed by atoms with van der Waals surface area (Å²) in [4.78, 5) is 49.8. The molecule has 0 bridgehead atoms. The van der Waals surface area contributed by atoms with Gasteiger partial charge >= 0.3 is 18.6 Å². The normalized spacial score (nSPS) is 16.6. The lowest BCUT2D eigenvalue weighted by Gasteiger charge is -2.23. The molecule has 0 aliphatic carbocycles. The fraction of sp³-hybridized carbons (Fsp3) is 0.474. The maximum absolute atomic E-state index is 12.5. The van der Waals surface area contributed by atoms with E-state index in [9.17, 15) is 28.0 Å². The number of halogens is 2. The van der Waals surface area contributed by atoms with Gasteiger partial charge in [0.05, 0.1) is 0 Å². The van der Waals surface area contributed by atoms with Crippen molar-refractivity contribution in [2.45, 2.75) is 51.9 Å². The average Bonchev–Trinajstić information content (AvgIpc) is 2.92. The number of carbonyl (C=O) groups excluding carboxylic acids is 4. The van der Waals surface area contributed by atoms with E-state index in [-0.39, 0.29) is 11.3 Å². The minimum absolute atomic E-state index is 0.116. The Kier molecular flexibility index (Phi) is 6.89. The van der Waals surface area contributed by atoms with E-state index in [1.807, 2.05) is 0 Å². The molecule has 0 spiro atoms. The van der Waals surface area contributed by atoms with Crippen LogP contribution in [0.3, 0.4) is 0 Å². The fourth-order valence-electron chi connectivity index (χ4n) is 3.00. The summed E-state index contributed by atoms with van der Waals surface area (Å²) in [6.45, 7) is 1.23. The maximum Gasteiger partial charge on any atom is 0.387 e. The topological polar surface area (TPSA) is 102 Å². The quantitative estimate of drug-likeness (QED) is 0.380. The van der Waals surface area contributed by atoms with E-state index in [4.69, 9.17) is 4.74 Å². The van der Waals surface area contributed by atoms with Crippen molar-refractivity contribution < 1.29 is 37.4 Å². The molecular weight excluding hydrogens is 390 g/mol. The molecule has 1 fully saturated rings. The van der Waals surface area contributed by atoms with Gasteiger partial charge in [0.2, 0.25) is 5.78 Å². The number of alkyl halides is 2. The van der Waals surface area contributed by atoms with Crippen molar-refractivity contribution in [1.82, 2.24) is 10.2 Å². The molecule has 1 aromatic rings. The van der Waals surface area contributed by atoms with Gasteiger partial charge in [-0.15, -0.1) is 0 Å². The SMILES string of the molecule is CCC1(CC)NC(=O)N(CC(=O)O[C@@H](C)C(=O)c2ccc(OC(F)F)cc2)C1=O. The van der Waals surface area contributed by atoms with Crippen LogP contribution in [0.2, 0.25) is 0 Å². The monoisotopic (exact) mass is 412 g/mol. The van der Waals surface area contributed by atoms with Crippen LogP contribution in [0, 0.1) is 0 Å². The Bertz CT molecular complexity index is 792. The van der Waals surface area contributed by atoms with E-state index in [1.165, 1.54) is 31.2 Å². The van der Waals surface area contributed by atoms with E-state index in [2.05, 4.69) is 10.1 Å². The van der Waals surface area contributed by atoms with E-state index < -0.39 is 48.5 Å². The summed E-state index contributed by atoms with van der Waals surface area (Å²) in [5, 5.41) is 2.59. The highest BCUT2D eigenvalue weighted by molar-refractivity contribution is 6.08. The van der Waals surface area contributed by atoms with Crippen molar-refractivity contribution in [3.8, 4) is 5.75 Å². The second kappa shape index (κ2) is 8.97. The first-order valence-corrected chi connectivity index (χ1v) is 9.06. The number of carbonyl (C=O) groups is 4. The van der Waals surface area contributed by atoms with Gasteiger partial charge < -0.3 is 14.8 Å². The third-order valence-electron chi connectivity index (χ3n) is 4.78. The number of imide groups is 1. The number of urea groups is 1. The Morgan fingerprint density at radius 2 is 1.72 bits per heavy atom. The van der Waals surface area contributed by atoms with Crippen molar-refractivity contribution in [1.29, 1.82) is 0 Å². The van der Waals surface area contributed by atoms with E-state index in [0.717, 1.165) is 4.90 Å². The Hall–Kier alpha value is -3.04. The van der Waals surface area contributed by atoms with E-state index >= 15 is 0 Å². The number of rotatable bonds is 9. The molecule has 10 heteroatoms. The number of hydrogen-bond donors (Lipinski definition) is 1. The number of ketones is 1. The Morgan fingerprint density at radius 3 is 2.21 bits per heavy atom. The molecule has 1 atom stereocenters. The zero-order chi connectivity index (χ0) is 21.8. The lowest BCUT2D eigenvalue weighted by molar-refractivity contribution is -0.150. The summed E-state index contributed by atoms with van der Waals surface area (Å²) >= 11 is 0. The zero-order valence-electron chi connectivity index (χ0n) is 16.2. The summed E-state index contributed by atoms with van der Waals surface area (Å²) in [7, 11) is 0. The summed E-state index contributed by atoms with van der Waals surface area (Å²) < 4.78 is 33.6. The van der Waals surface area contributed by atoms with Crippen molar-refractivity contribution in [2.24, 2.45) is 0 Å². The number of benzene rings is 1. The van der Waals surface area contributed by atoms with Gasteiger partial charge in [-0.25, -0.2) is 4.79 Å². The molecule has 1 N–H and O–H groups in total. The molecule has 3 amide bonds. The lowest BCUT2D eigenvalue weighted by Crippen LogP contribution is -2.46. The van der Waals surface area contributed by atoms with Crippen LogP contribution < -0.4 is 10.1 Å². The third-order valence-corrected chi connectivity index (χ3v) is 4.78. The molecule has 2 rings (SSSR count). The van der Waals surface area contributed by atoms with Gasteiger partial charge in [0.15, 0.2) is 6.10 Å². The van der Waals surface area contributed by atoms with Crippen LogP contribution in [0.4, 0.5) is 13.6 Å². The van der Waals surface area contributed by atoms with Gasteiger partial charge in [-0.2, -0.15) is 8.78 Å². The highest BCUT2D eigenvalue weighted by Gasteiger charge is 2.49. The number of Topliss-reactive ketones (excluding diaryl/α,β-unsaturated/α-hetero) is 1. The smallest absolute Gasteiger partial charge is 0.387 e. The number of amides is 3. The van der Waals surface area contributed by atoms with Crippen LogP contribution in [-0.4, -0.2) is 53.4 Å². The molecule has 1 aromatic carbocycles. The first-order valence-electron chi connectivity index (χ1n) is 9.06. The number of ether oxygens (including phenoxy) is 2. The molecule has 1 aliphatic rings. The van der Waals surface area contributed by atoms with Gasteiger partial charge in [-0.1, -0.05) is 13.8 Å². The minimum Gasteiger partial charge on any atom is -0.453 e. The molecule has 1 heterocycles. The van der Waals surface area contributed by atoms with Crippen molar-refractivity contribution in [2.75, 3.05) is 6.54 Å². The van der Waals surface area contributed by atoms with E-state index in [0.29, 0.717) is 12.8 Å². The van der Waals surface area contributed by atoms with Crippen LogP contribution in [-0.2, 0) is 14.3 Å². The van der Waals surface area contributed by atoms with Gasteiger partial charge in [0, 0.05) is 5.56 Å². The van der Waals surface area contributed by atoms with Crippen LogP contribution in [0.25, 0.3) is 0 Å². The molecular formula is C19H22F2N2O6. The first-order chi connectivity index (χ1) is 13.6. The zero-order valence-corrected chi connectivity index (χ0v) is 16.2. The summed E-state index contributed by atoms with van der Waals surface area (Å²) in [5.74, 6) is -2.13. The summed E-state index contributed by atoms with van der Waals surface area (Å²) in [5.41, 5.74) is -0.918. The molecule has 1 saturated heterocycles. The van der Waals surface area contributed by atoms with Gasteiger partial charge in [-0.3, -0.25) is 19.3 Å². The summed E-state index contributed by atoms with van der Waals surface area (Å²) in [6.07, 6.45) is -0.452. The van der Waals surface area contributed by atoms with Gasteiger partial charge in [-0.05, 0) is 44.0 Å². The standard InChI is InChI=1S/C19H22F2N2O6/c1-4-19(5-2)16(26)23(18(27)22-19)10-14(24)28-11(3)15(25)12-6-8-13(9-7-12)29-17(20)21/h6-9,11,17H,4-5,10H2,1-3H3,(H,22,27)/t11-/m0/s1. The molecule has 0 unspecified atom stereocenters. The van der Waals surface area contributed by atoms with Crippen molar-refractivity contribution in [3.63, 3.8) is 0 Å². The van der Waals surface area contributed by atoms with E-state index in [1.54, 1.807) is 13.8 Å². The fourth-order valence-corrected chi connectivity index (χ4v) is 3.00. The van der Waals surface area contributed by atoms with Gasteiger partial charge in [0.1, 0.15) is 17.8 Å². The van der Waals surface area contributed by atoms with Crippen LogP contribution in [0.15, 0.2) is 24.3 Å². The number of hydrogen-bond acceptors (Lipinski definition) is 6. The first kappa shape index (κ1) is 22.3. The Morgan fingerprint density at radius 1 is 1.14 bits per heavy atom. The third kappa shape index (κ3) is 4.87. The van der Waals surface area contributed by atoms with Crippen LogP contribution in [0.1, 0.15) is 44.0 Å². The second-order valence-electron chi connectivity index (χ2n) is 6.51. The largest absolute Gasteiger partial charge is 0.453 e. The maximum atomic E-state index is 12.5. The predicted molar refractivity (Wildman–Crippen MR) is 96.5 cm³/mol. The highest BCUT2D eigenvalue weighted by atomic mass is 19.3. The second-order valence-corrected chi connectivity index (χ2v) is 6.51. The minimum atomic E-state index is -2.99. The van der Waals surface area contributed by atoms with Crippen LogP contribution >= 0.6 is 0 Å². The Labute approximate surface area is 166 Å². The molecule has 8 nitrogen and oxygen atoms in total. The lowest BCUT2D eigenvalue weighted by atomic mass is 9.93. The average molecular weight is 412 g/mol. The molecule has 0 radical (unpaired) electrons. The summed E-state index contributed by atoms with van der Waals surface area (Å²) in [6, 6.07) is 4.22. The van der Waals surface area contributed by atoms with Gasteiger partial charge in [0.25, 0.3) is 5.91 Å². The number of nitrogens with zero attached hydrogens (tertiary/aromatic N) is 1. The van der Waals surface area contributed by atoms with Crippen LogP contribution in [0.5, 0.6) is 5.75 Å². The molecule has 29 heavy (non-hydrogen) atoms. The molecule has 0 saturated carbocycles. The number of nitrogens with one attached hydrogen (secondary N) is 1. The van der Waals surface area contributed by atoms with Crippen molar-refractivity contribution >= 4 is 23.7 Å².